The molecule has 0 N–H and O–H groups in total. The van der Waals surface area contributed by atoms with Gasteiger partial charge in [-0.25, -0.2) is 9.18 Å². The molecule has 0 radical (unpaired) electrons. The number of carbonyl (C=O) groups is 3. The lowest BCUT2D eigenvalue weighted by atomic mass is 10.2. The minimum atomic E-state index is -0.992. The molecule has 0 bridgehead atoms. The maximum atomic E-state index is 13.0. The van der Waals surface area contributed by atoms with Crippen molar-refractivity contribution in [2.24, 2.45) is 0 Å². The summed E-state index contributed by atoms with van der Waals surface area (Å²) in [6.45, 7) is 3.54. The number of hydrogen-bond donors (Lipinski definition) is 0. The van der Waals surface area contributed by atoms with Gasteiger partial charge in [-0.1, -0.05) is 24.3 Å². The number of rotatable bonds is 7. The predicted octanol–water partition coefficient (Wildman–Crippen LogP) is 4.39. The molecule has 2 aromatic rings. The Bertz CT molecular complexity index is 989. The smallest absolute Gasteiger partial charge is 0.329 e. The Hall–Kier alpha value is -3.13. The molecule has 0 saturated carbocycles. The van der Waals surface area contributed by atoms with E-state index in [1.165, 1.54) is 19.1 Å². The van der Waals surface area contributed by atoms with Gasteiger partial charge in [0.15, 0.2) is 0 Å². The molecule has 3 rings (SSSR count). The highest BCUT2D eigenvalue weighted by Gasteiger charge is 2.41. The second kappa shape index (κ2) is 9.58. The lowest BCUT2D eigenvalue weighted by molar-refractivity contribution is -0.150. The Kier molecular flexibility index (Phi) is 6.89. The average Bonchev–Trinajstić information content (AvgIpc) is 3.00. The quantitative estimate of drug-likeness (QED) is 0.480. The fourth-order valence-corrected chi connectivity index (χ4v) is 3.68. The highest BCUT2D eigenvalue weighted by atomic mass is 32.2. The molecule has 1 fully saturated rings. The highest BCUT2D eigenvalue weighted by Crippen LogP contribution is 2.34. The Morgan fingerprint density at radius 2 is 1.93 bits per heavy atom. The number of thioether (sulfide) groups is 1. The summed E-state index contributed by atoms with van der Waals surface area (Å²) in [5.74, 6) is -0.917. The van der Waals surface area contributed by atoms with Gasteiger partial charge in [-0.3, -0.25) is 14.5 Å². The van der Waals surface area contributed by atoms with E-state index in [0.717, 1.165) is 22.2 Å². The van der Waals surface area contributed by atoms with Crippen molar-refractivity contribution in [2.45, 2.75) is 26.5 Å². The number of amides is 2. The van der Waals surface area contributed by atoms with Gasteiger partial charge in [0, 0.05) is 0 Å². The van der Waals surface area contributed by atoms with Crippen LogP contribution in [0.3, 0.4) is 0 Å². The van der Waals surface area contributed by atoms with Crippen molar-refractivity contribution >= 4 is 35.0 Å². The van der Waals surface area contributed by atoms with Gasteiger partial charge in [-0.2, -0.15) is 0 Å². The molecule has 1 saturated heterocycles. The number of carbonyl (C=O) groups excluding carboxylic acids is 3. The first-order valence-electron chi connectivity index (χ1n) is 9.30. The molecule has 2 aromatic carbocycles. The van der Waals surface area contributed by atoms with Crippen LogP contribution in [0.2, 0.25) is 0 Å². The van der Waals surface area contributed by atoms with Crippen LogP contribution in [0.15, 0.2) is 53.4 Å². The molecule has 156 valence electrons. The number of benzene rings is 2. The maximum Gasteiger partial charge on any atom is 0.329 e. The van der Waals surface area contributed by atoms with Crippen molar-refractivity contribution in [2.75, 3.05) is 6.61 Å². The van der Waals surface area contributed by atoms with E-state index in [1.807, 2.05) is 0 Å². The molecule has 0 unspecified atom stereocenters. The first-order chi connectivity index (χ1) is 14.4. The van der Waals surface area contributed by atoms with Crippen molar-refractivity contribution in [3.05, 3.63) is 70.4 Å². The standard InChI is InChI=1S/C22H20FNO5S/c1-3-28-21(26)14(2)24-20(25)19(30-22(24)27)12-16-5-4-6-18(11-16)29-13-15-7-9-17(23)10-8-15/h4-12,14H,3,13H2,1-2H3/b19-12+/t14-/m0/s1. The molecule has 0 spiro atoms. The van der Waals surface area contributed by atoms with Gasteiger partial charge < -0.3 is 9.47 Å². The van der Waals surface area contributed by atoms with Crippen molar-refractivity contribution < 1.29 is 28.2 Å². The van der Waals surface area contributed by atoms with Gasteiger partial charge in [0.2, 0.25) is 0 Å². The van der Waals surface area contributed by atoms with Crippen LogP contribution in [-0.2, 0) is 20.9 Å². The van der Waals surface area contributed by atoms with E-state index in [-0.39, 0.29) is 23.9 Å². The normalized spacial score (nSPS) is 16.1. The van der Waals surface area contributed by atoms with E-state index >= 15 is 0 Å². The molecule has 6 nitrogen and oxygen atoms in total. The summed E-state index contributed by atoms with van der Waals surface area (Å²) in [7, 11) is 0. The van der Waals surface area contributed by atoms with E-state index in [4.69, 9.17) is 9.47 Å². The lowest BCUT2D eigenvalue weighted by Crippen LogP contribution is -2.42. The number of esters is 1. The average molecular weight is 429 g/mol. The number of halogens is 1. The zero-order valence-corrected chi connectivity index (χ0v) is 17.3. The largest absolute Gasteiger partial charge is 0.489 e. The van der Waals surface area contributed by atoms with Gasteiger partial charge in [-0.05, 0) is 67.1 Å². The third-order valence-electron chi connectivity index (χ3n) is 4.31. The van der Waals surface area contributed by atoms with Crippen molar-refractivity contribution in [1.82, 2.24) is 4.90 Å². The summed E-state index contributed by atoms with van der Waals surface area (Å²) in [6, 6.07) is 12.0. The van der Waals surface area contributed by atoms with Crippen molar-refractivity contribution in [3.63, 3.8) is 0 Å². The van der Waals surface area contributed by atoms with Gasteiger partial charge >= 0.3 is 5.97 Å². The Balaban J connectivity index is 1.71. The molecule has 0 aromatic heterocycles. The number of imide groups is 1. The molecule has 1 atom stereocenters. The minimum Gasteiger partial charge on any atom is -0.489 e. The molecule has 0 aliphatic carbocycles. The Morgan fingerprint density at radius 3 is 2.63 bits per heavy atom. The topological polar surface area (TPSA) is 72.9 Å². The summed E-state index contributed by atoms with van der Waals surface area (Å²) >= 11 is 0.772. The summed E-state index contributed by atoms with van der Waals surface area (Å²) < 4.78 is 23.6. The van der Waals surface area contributed by atoms with Crippen LogP contribution >= 0.6 is 11.8 Å². The third-order valence-corrected chi connectivity index (χ3v) is 5.20. The molecular weight excluding hydrogens is 409 g/mol. The molecular formula is C22H20FNO5S. The van der Waals surface area contributed by atoms with Crippen molar-refractivity contribution in [1.29, 1.82) is 0 Å². The van der Waals surface area contributed by atoms with E-state index < -0.39 is 23.2 Å². The second-order valence-electron chi connectivity index (χ2n) is 6.47. The summed E-state index contributed by atoms with van der Waals surface area (Å²) in [5.41, 5.74) is 1.48. The number of ether oxygens (including phenoxy) is 2. The monoisotopic (exact) mass is 429 g/mol. The summed E-state index contributed by atoms with van der Waals surface area (Å²) in [4.78, 5) is 37.9. The van der Waals surface area contributed by atoms with Crippen LogP contribution in [-0.4, -0.2) is 34.7 Å². The fraction of sp³-hybridized carbons (Fsp3) is 0.227. The van der Waals surface area contributed by atoms with Crippen LogP contribution in [0.5, 0.6) is 5.75 Å². The van der Waals surface area contributed by atoms with Gasteiger partial charge in [0.05, 0.1) is 11.5 Å². The minimum absolute atomic E-state index is 0.167. The molecule has 30 heavy (non-hydrogen) atoms. The SMILES string of the molecule is CCOC(=O)[C@H](C)N1C(=O)S/C(=C/c2cccc(OCc3ccc(F)cc3)c2)C1=O. The van der Waals surface area contributed by atoms with Crippen LogP contribution in [0.25, 0.3) is 6.08 Å². The third kappa shape index (κ3) is 5.07. The number of nitrogens with zero attached hydrogens (tertiary/aromatic N) is 1. The molecule has 8 heteroatoms. The molecule has 1 aliphatic rings. The van der Waals surface area contributed by atoms with E-state index in [1.54, 1.807) is 49.4 Å². The van der Waals surface area contributed by atoms with Crippen LogP contribution in [0.1, 0.15) is 25.0 Å². The predicted molar refractivity (Wildman–Crippen MR) is 111 cm³/mol. The lowest BCUT2D eigenvalue weighted by Gasteiger charge is -2.19. The molecule has 1 aliphatic heterocycles. The highest BCUT2D eigenvalue weighted by molar-refractivity contribution is 8.18. The second-order valence-corrected chi connectivity index (χ2v) is 7.46. The van der Waals surface area contributed by atoms with E-state index in [0.29, 0.717) is 11.3 Å². The summed E-state index contributed by atoms with van der Waals surface area (Å²) in [6.07, 6.45) is 1.58. The zero-order valence-electron chi connectivity index (χ0n) is 16.5. The number of hydrogen-bond acceptors (Lipinski definition) is 6. The molecule has 1 heterocycles. The molecule has 2 amide bonds. The van der Waals surface area contributed by atoms with E-state index in [9.17, 15) is 18.8 Å². The van der Waals surface area contributed by atoms with Gasteiger partial charge in [0.25, 0.3) is 11.1 Å². The first kappa shape index (κ1) is 21.6. The summed E-state index contributed by atoms with van der Waals surface area (Å²) in [5, 5.41) is -0.518. The Labute approximate surface area is 177 Å². The fourth-order valence-electron chi connectivity index (χ4n) is 2.77. The van der Waals surface area contributed by atoms with Crippen LogP contribution < -0.4 is 4.74 Å². The Morgan fingerprint density at radius 1 is 1.20 bits per heavy atom. The zero-order chi connectivity index (χ0) is 21.7. The van der Waals surface area contributed by atoms with Gasteiger partial charge in [0.1, 0.15) is 24.2 Å². The maximum absolute atomic E-state index is 13.0. The van der Waals surface area contributed by atoms with Crippen molar-refractivity contribution in [3.8, 4) is 5.75 Å². The van der Waals surface area contributed by atoms with Crippen LogP contribution in [0, 0.1) is 5.82 Å². The van der Waals surface area contributed by atoms with E-state index in [2.05, 4.69) is 0 Å². The van der Waals surface area contributed by atoms with Crippen LogP contribution in [0.4, 0.5) is 9.18 Å². The van der Waals surface area contributed by atoms with Gasteiger partial charge in [-0.15, -0.1) is 0 Å². The first-order valence-corrected chi connectivity index (χ1v) is 10.1.